The van der Waals surface area contributed by atoms with Crippen LogP contribution in [-0.4, -0.2) is 41.2 Å². The normalized spacial score (nSPS) is 15.0. The molecular weight excluding hydrogens is 356 g/mol. The van der Waals surface area contributed by atoms with Gasteiger partial charge in [-0.15, -0.1) is 0 Å². The number of anilines is 3. The number of piperidine rings is 1. The summed E-state index contributed by atoms with van der Waals surface area (Å²) in [5, 5.41) is 12.8. The molecule has 0 atom stereocenters. The van der Waals surface area contributed by atoms with Gasteiger partial charge >= 0.3 is 5.97 Å². The second-order valence-electron chi connectivity index (χ2n) is 6.27. The first-order valence-electron chi connectivity index (χ1n) is 8.40. The van der Waals surface area contributed by atoms with Gasteiger partial charge < -0.3 is 20.1 Å². The number of hydrogen-bond donors (Lipinski definition) is 2. The second-order valence-corrected chi connectivity index (χ2v) is 6.67. The van der Waals surface area contributed by atoms with Gasteiger partial charge in [-0.3, -0.25) is 4.79 Å². The molecule has 0 saturated carbocycles. The summed E-state index contributed by atoms with van der Waals surface area (Å²) in [6.45, 7) is 3.24. The summed E-state index contributed by atoms with van der Waals surface area (Å²) < 4.78 is 5.15. The van der Waals surface area contributed by atoms with Gasteiger partial charge in [-0.2, -0.15) is 4.98 Å². The van der Waals surface area contributed by atoms with Crippen LogP contribution in [0.25, 0.3) is 0 Å². The third-order valence-corrected chi connectivity index (χ3v) is 4.71. The van der Waals surface area contributed by atoms with Gasteiger partial charge in [0, 0.05) is 30.5 Å². The van der Waals surface area contributed by atoms with Crippen molar-refractivity contribution in [2.75, 3.05) is 30.4 Å². The average Bonchev–Trinajstić information content (AvgIpc) is 2.61. The topological polar surface area (TPSA) is 87.6 Å². The first kappa shape index (κ1) is 18.3. The molecule has 2 N–H and O–H groups in total. The van der Waals surface area contributed by atoms with Gasteiger partial charge in [-0.1, -0.05) is 11.6 Å². The molecule has 0 unspecified atom stereocenters. The van der Waals surface area contributed by atoms with Crippen LogP contribution in [0, 0.1) is 12.8 Å². The van der Waals surface area contributed by atoms with Gasteiger partial charge in [0.2, 0.25) is 5.95 Å². The number of aryl methyl sites for hydroxylation is 1. The molecule has 0 amide bonds. The van der Waals surface area contributed by atoms with Gasteiger partial charge in [0.25, 0.3) is 0 Å². The standard InChI is InChI=1S/C18H21ClN4O3/c1-11-9-16(23-7-5-12(6-8-23)17(24)25)22-18(20-11)21-13-3-4-15(26-2)14(19)10-13/h3-4,9-10,12H,5-8H2,1-2H3,(H,24,25)(H,20,21,22). The minimum absolute atomic E-state index is 0.270. The largest absolute Gasteiger partial charge is 0.495 e. The maximum absolute atomic E-state index is 11.1. The fourth-order valence-electron chi connectivity index (χ4n) is 3.00. The Morgan fingerprint density at radius 3 is 2.65 bits per heavy atom. The van der Waals surface area contributed by atoms with E-state index in [-0.39, 0.29) is 5.92 Å². The fraction of sp³-hybridized carbons (Fsp3) is 0.389. The van der Waals surface area contributed by atoms with E-state index >= 15 is 0 Å². The van der Waals surface area contributed by atoms with Gasteiger partial charge in [-0.25, -0.2) is 4.98 Å². The molecule has 3 rings (SSSR count). The minimum atomic E-state index is -0.720. The van der Waals surface area contributed by atoms with E-state index in [1.807, 2.05) is 19.1 Å². The van der Waals surface area contributed by atoms with Crippen molar-refractivity contribution in [3.63, 3.8) is 0 Å². The molecule has 1 fully saturated rings. The van der Waals surface area contributed by atoms with E-state index in [4.69, 9.17) is 21.4 Å². The maximum atomic E-state index is 11.1. The number of halogens is 1. The van der Waals surface area contributed by atoms with E-state index in [2.05, 4.69) is 20.2 Å². The van der Waals surface area contributed by atoms with E-state index in [0.717, 1.165) is 17.2 Å². The molecule has 1 aliphatic heterocycles. The SMILES string of the molecule is COc1ccc(Nc2nc(C)cc(N3CCC(C(=O)O)CC3)n2)cc1Cl. The lowest BCUT2D eigenvalue weighted by molar-refractivity contribution is -0.142. The van der Waals surface area contributed by atoms with E-state index in [1.165, 1.54) is 0 Å². The first-order chi connectivity index (χ1) is 12.5. The summed E-state index contributed by atoms with van der Waals surface area (Å²) in [6, 6.07) is 7.28. The van der Waals surface area contributed by atoms with Crippen molar-refractivity contribution in [2.24, 2.45) is 5.92 Å². The number of aromatic nitrogens is 2. The highest BCUT2D eigenvalue weighted by atomic mass is 35.5. The number of rotatable bonds is 5. The van der Waals surface area contributed by atoms with Crippen molar-refractivity contribution >= 4 is 35.0 Å². The highest BCUT2D eigenvalue weighted by Gasteiger charge is 2.25. The molecule has 1 aliphatic rings. The number of ether oxygens (including phenoxy) is 1. The summed E-state index contributed by atoms with van der Waals surface area (Å²) in [7, 11) is 1.57. The Balaban J connectivity index is 1.76. The van der Waals surface area contributed by atoms with Crippen LogP contribution in [0.2, 0.25) is 5.02 Å². The third kappa shape index (κ3) is 4.16. The summed E-state index contributed by atoms with van der Waals surface area (Å²) in [5.41, 5.74) is 1.59. The van der Waals surface area contributed by atoms with Crippen molar-refractivity contribution in [1.29, 1.82) is 0 Å². The number of benzene rings is 1. The van der Waals surface area contributed by atoms with Crippen molar-refractivity contribution < 1.29 is 14.6 Å². The zero-order valence-corrected chi connectivity index (χ0v) is 15.5. The molecule has 138 valence electrons. The number of carboxylic acids is 1. The summed E-state index contributed by atoms with van der Waals surface area (Å²) in [4.78, 5) is 22.2. The molecule has 0 aliphatic carbocycles. The van der Waals surface area contributed by atoms with Gasteiger partial charge in [0.05, 0.1) is 18.1 Å². The van der Waals surface area contributed by atoms with E-state index in [0.29, 0.717) is 42.7 Å². The van der Waals surface area contributed by atoms with Crippen molar-refractivity contribution in [3.05, 3.63) is 35.0 Å². The van der Waals surface area contributed by atoms with Gasteiger partial charge in [0.1, 0.15) is 11.6 Å². The number of aliphatic carboxylic acids is 1. The van der Waals surface area contributed by atoms with Crippen molar-refractivity contribution in [3.8, 4) is 5.75 Å². The first-order valence-corrected chi connectivity index (χ1v) is 8.78. The molecule has 1 aromatic carbocycles. The fourth-order valence-corrected chi connectivity index (χ4v) is 3.26. The highest BCUT2D eigenvalue weighted by molar-refractivity contribution is 6.32. The van der Waals surface area contributed by atoms with E-state index in [9.17, 15) is 4.79 Å². The number of carboxylic acid groups (broad SMARTS) is 1. The Morgan fingerprint density at radius 1 is 1.31 bits per heavy atom. The number of carbonyl (C=O) groups is 1. The van der Waals surface area contributed by atoms with Crippen molar-refractivity contribution in [1.82, 2.24) is 9.97 Å². The number of nitrogens with zero attached hydrogens (tertiary/aromatic N) is 3. The average molecular weight is 377 g/mol. The van der Waals surface area contributed by atoms with Crippen LogP contribution in [0.1, 0.15) is 18.5 Å². The lowest BCUT2D eigenvalue weighted by atomic mass is 9.97. The summed E-state index contributed by atoms with van der Waals surface area (Å²) in [6.07, 6.45) is 1.24. The molecule has 7 nitrogen and oxygen atoms in total. The third-order valence-electron chi connectivity index (χ3n) is 4.42. The Hall–Kier alpha value is -2.54. The lowest BCUT2D eigenvalue weighted by Gasteiger charge is -2.31. The molecule has 8 heteroatoms. The van der Waals surface area contributed by atoms with E-state index in [1.54, 1.807) is 19.2 Å². The monoisotopic (exact) mass is 376 g/mol. The number of nitrogens with one attached hydrogen (secondary N) is 1. The molecule has 2 aromatic rings. The Morgan fingerprint density at radius 2 is 2.04 bits per heavy atom. The molecule has 1 saturated heterocycles. The van der Waals surface area contributed by atoms with Crippen LogP contribution in [0.5, 0.6) is 5.75 Å². The molecule has 1 aromatic heterocycles. The second kappa shape index (κ2) is 7.78. The van der Waals surface area contributed by atoms with Gasteiger partial charge in [0.15, 0.2) is 0 Å². The highest BCUT2D eigenvalue weighted by Crippen LogP contribution is 2.29. The summed E-state index contributed by atoms with van der Waals surface area (Å²) >= 11 is 6.16. The number of hydrogen-bond acceptors (Lipinski definition) is 6. The van der Waals surface area contributed by atoms with Gasteiger partial charge in [-0.05, 0) is 38.0 Å². The Kier molecular flexibility index (Phi) is 5.46. The molecular formula is C18H21ClN4O3. The van der Waals surface area contributed by atoms with Crippen LogP contribution in [0.15, 0.2) is 24.3 Å². The molecule has 26 heavy (non-hydrogen) atoms. The quantitative estimate of drug-likeness (QED) is 0.825. The molecule has 0 bridgehead atoms. The van der Waals surface area contributed by atoms with Crippen molar-refractivity contribution in [2.45, 2.75) is 19.8 Å². The smallest absolute Gasteiger partial charge is 0.306 e. The molecule has 0 spiro atoms. The van der Waals surface area contributed by atoms with Crippen LogP contribution in [0.4, 0.5) is 17.5 Å². The van der Waals surface area contributed by atoms with Crippen LogP contribution >= 0.6 is 11.6 Å². The van der Waals surface area contributed by atoms with Crippen LogP contribution < -0.4 is 15.0 Å². The number of methoxy groups -OCH3 is 1. The zero-order chi connectivity index (χ0) is 18.7. The molecule has 0 radical (unpaired) electrons. The van der Waals surface area contributed by atoms with Crippen LogP contribution in [-0.2, 0) is 4.79 Å². The zero-order valence-electron chi connectivity index (χ0n) is 14.7. The molecule has 2 heterocycles. The minimum Gasteiger partial charge on any atom is -0.495 e. The van der Waals surface area contributed by atoms with E-state index < -0.39 is 5.97 Å². The van der Waals surface area contributed by atoms with Crippen LogP contribution in [0.3, 0.4) is 0 Å². The predicted molar refractivity (Wildman–Crippen MR) is 101 cm³/mol. The summed E-state index contributed by atoms with van der Waals surface area (Å²) in [5.74, 6) is 0.880. The predicted octanol–water partition coefficient (Wildman–Crippen LogP) is 3.49. The maximum Gasteiger partial charge on any atom is 0.306 e. The lowest BCUT2D eigenvalue weighted by Crippen LogP contribution is -2.36. The Labute approximate surface area is 157 Å². The Bertz CT molecular complexity index is 807.